The quantitative estimate of drug-likeness (QED) is 0.736. The molecule has 0 aliphatic heterocycles. The Morgan fingerprint density at radius 3 is 3.07 bits per heavy atom. The molecule has 0 amide bonds. The van der Waals surface area contributed by atoms with Crippen molar-refractivity contribution in [3.63, 3.8) is 0 Å². The highest BCUT2D eigenvalue weighted by Crippen LogP contribution is 2.61. The molecular formula is C11H17N3. The molecule has 3 nitrogen and oxygen atoms in total. The maximum absolute atomic E-state index is 5.83. The van der Waals surface area contributed by atoms with Crippen LogP contribution >= 0.6 is 0 Å². The molecule has 2 fully saturated rings. The Labute approximate surface area is 84.3 Å². The van der Waals surface area contributed by atoms with E-state index < -0.39 is 0 Å². The van der Waals surface area contributed by atoms with Gasteiger partial charge in [0.2, 0.25) is 0 Å². The fourth-order valence-corrected chi connectivity index (χ4v) is 3.06. The fraction of sp³-hybridized carbons (Fsp3) is 0.727. The van der Waals surface area contributed by atoms with E-state index in [-0.39, 0.29) is 0 Å². The van der Waals surface area contributed by atoms with E-state index >= 15 is 0 Å². The largest absolute Gasteiger partial charge is 0.384 e. The van der Waals surface area contributed by atoms with Crippen LogP contribution in [0.15, 0.2) is 6.07 Å². The molecule has 0 radical (unpaired) electrons. The molecule has 76 valence electrons. The summed E-state index contributed by atoms with van der Waals surface area (Å²) in [7, 11) is 1.93. The molecule has 2 unspecified atom stereocenters. The number of rotatable bonds is 1. The van der Waals surface area contributed by atoms with Crippen LogP contribution < -0.4 is 5.73 Å². The van der Waals surface area contributed by atoms with Gasteiger partial charge < -0.3 is 5.73 Å². The Morgan fingerprint density at radius 1 is 1.57 bits per heavy atom. The lowest BCUT2D eigenvalue weighted by Crippen LogP contribution is -2.15. The van der Waals surface area contributed by atoms with Gasteiger partial charge in [-0.25, -0.2) is 0 Å². The van der Waals surface area contributed by atoms with Crippen molar-refractivity contribution in [2.24, 2.45) is 13.0 Å². The van der Waals surface area contributed by atoms with Gasteiger partial charge in [-0.05, 0) is 25.2 Å². The number of nitrogens with zero attached hydrogens (tertiary/aromatic N) is 2. The minimum atomic E-state index is 0.438. The van der Waals surface area contributed by atoms with Crippen molar-refractivity contribution >= 4 is 5.82 Å². The van der Waals surface area contributed by atoms with E-state index in [1.54, 1.807) is 4.68 Å². The van der Waals surface area contributed by atoms with Gasteiger partial charge >= 0.3 is 0 Å². The van der Waals surface area contributed by atoms with Gasteiger partial charge in [0, 0.05) is 18.5 Å². The number of hydrogen-bond donors (Lipinski definition) is 1. The van der Waals surface area contributed by atoms with Gasteiger partial charge in [-0.3, -0.25) is 4.68 Å². The minimum absolute atomic E-state index is 0.438. The third-order valence-electron chi connectivity index (χ3n) is 4.08. The minimum Gasteiger partial charge on any atom is -0.384 e. The lowest BCUT2D eigenvalue weighted by atomic mass is 9.86. The van der Waals surface area contributed by atoms with E-state index in [0.29, 0.717) is 5.41 Å². The molecule has 2 N–H and O–H groups in total. The maximum atomic E-state index is 5.83. The smallest absolute Gasteiger partial charge is 0.121 e. The van der Waals surface area contributed by atoms with Gasteiger partial charge in [-0.1, -0.05) is 12.8 Å². The summed E-state index contributed by atoms with van der Waals surface area (Å²) in [5.41, 5.74) is 7.52. The molecule has 3 rings (SSSR count). The molecule has 0 aromatic carbocycles. The number of nitrogens with two attached hydrogens (primary N) is 1. The lowest BCUT2D eigenvalue weighted by Gasteiger charge is -2.19. The van der Waals surface area contributed by atoms with Crippen LogP contribution in [0.25, 0.3) is 0 Å². The lowest BCUT2D eigenvalue weighted by molar-refractivity contribution is 0.418. The van der Waals surface area contributed by atoms with Crippen molar-refractivity contribution < 1.29 is 0 Å². The first-order chi connectivity index (χ1) is 6.72. The normalized spacial score (nSPS) is 35.4. The Hall–Kier alpha value is -0.990. The second-order valence-corrected chi connectivity index (χ2v) is 4.88. The summed E-state index contributed by atoms with van der Waals surface area (Å²) in [6.45, 7) is 0. The molecule has 2 saturated carbocycles. The summed E-state index contributed by atoms with van der Waals surface area (Å²) in [6, 6.07) is 2.07. The van der Waals surface area contributed by atoms with E-state index in [2.05, 4.69) is 11.2 Å². The second-order valence-electron chi connectivity index (χ2n) is 4.88. The second kappa shape index (κ2) is 2.53. The number of hydrogen-bond acceptors (Lipinski definition) is 2. The van der Waals surface area contributed by atoms with Gasteiger partial charge in [0.25, 0.3) is 0 Å². The van der Waals surface area contributed by atoms with Crippen molar-refractivity contribution in [1.29, 1.82) is 0 Å². The van der Waals surface area contributed by atoms with Crippen LogP contribution in [0, 0.1) is 5.92 Å². The molecule has 0 bridgehead atoms. The summed E-state index contributed by atoms with van der Waals surface area (Å²) in [5.74, 6) is 1.70. The molecule has 1 aromatic rings. The van der Waals surface area contributed by atoms with E-state index in [1.807, 2.05) is 7.05 Å². The molecule has 1 aromatic heterocycles. The first-order valence-corrected chi connectivity index (χ1v) is 5.52. The zero-order valence-corrected chi connectivity index (χ0v) is 8.66. The predicted octanol–water partition coefficient (Wildman–Crippen LogP) is 1.83. The number of aromatic nitrogens is 2. The first kappa shape index (κ1) is 8.33. The standard InChI is InChI=1S/C11H17N3/c1-14-10(12)6-9(13-14)11-5-3-2-4-8(11)7-11/h6,8H,2-5,7,12H2,1H3. The van der Waals surface area contributed by atoms with Crippen molar-refractivity contribution in [3.8, 4) is 0 Å². The molecule has 0 saturated heterocycles. The van der Waals surface area contributed by atoms with E-state index in [0.717, 1.165) is 11.7 Å². The highest BCUT2D eigenvalue weighted by molar-refractivity contribution is 5.38. The van der Waals surface area contributed by atoms with Crippen LogP contribution in [0.2, 0.25) is 0 Å². The average molecular weight is 191 g/mol. The van der Waals surface area contributed by atoms with E-state index in [4.69, 9.17) is 5.73 Å². The number of nitrogen functional groups attached to an aromatic ring is 1. The van der Waals surface area contributed by atoms with Crippen LogP contribution in [0.5, 0.6) is 0 Å². The molecular weight excluding hydrogens is 174 g/mol. The summed E-state index contributed by atoms with van der Waals surface area (Å²) in [6.07, 6.45) is 6.86. The van der Waals surface area contributed by atoms with Crippen LogP contribution in [0.3, 0.4) is 0 Å². The predicted molar refractivity (Wildman–Crippen MR) is 55.9 cm³/mol. The van der Waals surface area contributed by atoms with Gasteiger partial charge in [0.05, 0.1) is 5.69 Å². The highest BCUT2D eigenvalue weighted by Gasteiger charge is 2.57. The van der Waals surface area contributed by atoms with Crippen molar-refractivity contribution in [2.75, 3.05) is 5.73 Å². The van der Waals surface area contributed by atoms with E-state index in [1.165, 1.54) is 37.8 Å². The van der Waals surface area contributed by atoms with Gasteiger partial charge in [0.1, 0.15) is 5.82 Å². The third kappa shape index (κ3) is 0.954. The topological polar surface area (TPSA) is 43.8 Å². The molecule has 2 aliphatic carbocycles. The molecule has 2 aliphatic rings. The average Bonchev–Trinajstić information content (AvgIpc) is 2.83. The third-order valence-corrected chi connectivity index (χ3v) is 4.08. The van der Waals surface area contributed by atoms with Crippen LogP contribution in [0.4, 0.5) is 5.82 Å². The van der Waals surface area contributed by atoms with Crippen LogP contribution in [0.1, 0.15) is 37.8 Å². The zero-order chi connectivity index (χ0) is 9.76. The summed E-state index contributed by atoms with van der Waals surface area (Å²) >= 11 is 0. The summed E-state index contributed by atoms with van der Waals surface area (Å²) < 4.78 is 1.80. The van der Waals surface area contributed by atoms with Gasteiger partial charge in [0.15, 0.2) is 0 Å². The Balaban J connectivity index is 1.95. The summed E-state index contributed by atoms with van der Waals surface area (Å²) in [5, 5.41) is 4.54. The highest BCUT2D eigenvalue weighted by atomic mass is 15.3. The van der Waals surface area contributed by atoms with Crippen molar-refractivity contribution in [3.05, 3.63) is 11.8 Å². The Morgan fingerprint density at radius 2 is 2.43 bits per heavy atom. The molecule has 2 atom stereocenters. The van der Waals surface area contributed by atoms with Crippen LogP contribution in [-0.2, 0) is 12.5 Å². The number of aryl methyl sites for hydroxylation is 1. The SMILES string of the molecule is Cn1nc(C23CCCCC2C3)cc1N. The Bertz CT molecular complexity index is 349. The fourth-order valence-electron chi connectivity index (χ4n) is 3.06. The molecule has 1 heterocycles. The van der Waals surface area contributed by atoms with Crippen LogP contribution in [-0.4, -0.2) is 9.78 Å². The molecule has 0 spiro atoms. The number of fused-ring (bicyclic) bond motifs is 1. The van der Waals surface area contributed by atoms with Gasteiger partial charge in [-0.15, -0.1) is 0 Å². The molecule has 3 heteroatoms. The zero-order valence-electron chi connectivity index (χ0n) is 8.66. The van der Waals surface area contributed by atoms with Crippen molar-refractivity contribution in [1.82, 2.24) is 9.78 Å². The van der Waals surface area contributed by atoms with Gasteiger partial charge in [-0.2, -0.15) is 5.10 Å². The van der Waals surface area contributed by atoms with Crippen molar-refractivity contribution in [2.45, 2.75) is 37.5 Å². The number of anilines is 1. The van der Waals surface area contributed by atoms with E-state index in [9.17, 15) is 0 Å². The summed E-state index contributed by atoms with van der Waals surface area (Å²) in [4.78, 5) is 0. The molecule has 14 heavy (non-hydrogen) atoms. The maximum Gasteiger partial charge on any atom is 0.121 e. The first-order valence-electron chi connectivity index (χ1n) is 5.52. The monoisotopic (exact) mass is 191 g/mol. The Kier molecular flexibility index (Phi) is 1.50.